The lowest BCUT2D eigenvalue weighted by molar-refractivity contribution is -0.133. The maximum absolute atomic E-state index is 12.4. The number of benzene rings is 1. The summed E-state index contributed by atoms with van der Waals surface area (Å²) in [6.45, 7) is 2.89. The van der Waals surface area contributed by atoms with Gasteiger partial charge in [-0.1, -0.05) is 41.4 Å². The van der Waals surface area contributed by atoms with E-state index in [1.165, 1.54) is 5.56 Å². The monoisotopic (exact) mass is 324 g/mol. The van der Waals surface area contributed by atoms with Gasteiger partial charge in [0, 0.05) is 11.0 Å². The fourth-order valence-corrected chi connectivity index (χ4v) is 3.16. The van der Waals surface area contributed by atoms with Crippen molar-refractivity contribution in [2.45, 2.75) is 44.7 Å². The Morgan fingerprint density at radius 1 is 1.58 bits per heavy atom. The zero-order chi connectivity index (χ0) is 13.8. The van der Waals surface area contributed by atoms with E-state index in [0.717, 1.165) is 36.7 Å². The van der Waals surface area contributed by atoms with E-state index < -0.39 is 0 Å². The molecule has 1 heterocycles. The number of hydrogen-bond donors (Lipinski definition) is 1. The van der Waals surface area contributed by atoms with Gasteiger partial charge >= 0.3 is 0 Å². The van der Waals surface area contributed by atoms with Crippen LogP contribution < -0.4 is 5.73 Å². The lowest BCUT2D eigenvalue weighted by Crippen LogP contribution is -2.43. The Bertz CT molecular complexity index is 450. The summed E-state index contributed by atoms with van der Waals surface area (Å²) in [6, 6.07) is 8.05. The molecule has 4 heteroatoms. The Labute approximate surface area is 123 Å². The van der Waals surface area contributed by atoms with Crippen LogP contribution in [0.4, 0.5) is 0 Å². The number of hydrogen-bond acceptors (Lipinski definition) is 2. The van der Waals surface area contributed by atoms with E-state index in [-0.39, 0.29) is 18.0 Å². The van der Waals surface area contributed by atoms with Gasteiger partial charge in [-0.05, 0) is 37.0 Å². The molecule has 1 aliphatic heterocycles. The van der Waals surface area contributed by atoms with Crippen molar-refractivity contribution in [3.8, 4) is 0 Å². The molecule has 1 unspecified atom stereocenters. The van der Waals surface area contributed by atoms with E-state index in [2.05, 4.69) is 35.0 Å². The van der Waals surface area contributed by atoms with Crippen molar-refractivity contribution in [1.82, 2.24) is 4.90 Å². The molecule has 1 amide bonds. The van der Waals surface area contributed by atoms with Crippen LogP contribution in [0, 0.1) is 0 Å². The molecule has 1 fully saturated rings. The molecule has 0 bridgehead atoms. The second-order valence-corrected chi connectivity index (χ2v) is 6.06. The lowest BCUT2D eigenvalue weighted by Gasteiger charge is -2.27. The highest BCUT2D eigenvalue weighted by Gasteiger charge is 2.32. The van der Waals surface area contributed by atoms with Crippen molar-refractivity contribution >= 4 is 21.8 Å². The average molecular weight is 325 g/mol. The van der Waals surface area contributed by atoms with Gasteiger partial charge in [-0.25, -0.2) is 0 Å². The number of nitrogens with zero attached hydrogens (tertiary/aromatic N) is 1. The summed E-state index contributed by atoms with van der Waals surface area (Å²) in [5, 5.41) is 0. The van der Waals surface area contributed by atoms with Crippen LogP contribution in [0.3, 0.4) is 0 Å². The quantitative estimate of drug-likeness (QED) is 0.924. The van der Waals surface area contributed by atoms with Crippen LogP contribution in [-0.4, -0.2) is 23.4 Å². The molecule has 0 aliphatic carbocycles. The summed E-state index contributed by atoms with van der Waals surface area (Å²) < 4.78 is 1.06. The van der Waals surface area contributed by atoms with Gasteiger partial charge < -0.3 is 10.6 Å². The first kappa shape index (κ1) is 14.5. The summed E-state index contributed by atoms with van der Waals surface area (Å²) in [7, 11) is 0. The molecule has 2 rings (SSSR count). The summed E-state index contributed by atoms with van der Waals surface area (Å²) in [5.41, 5.74) is 7.18. The second kappa shape index (κ2) is 6.53. The van der Waals surface area contributed by atoms with E-state index in [0.29, 0.717) is 0 Å². The van der Waals surface area contributed by atoms with Crippen molar-refractivity contribution in [1.29, 1.82) is 0 Å². The molecule has 0 spiro atoms. The van der Waals surface area contributed by atoms with Gasteiger partial charge in [-0.15, -0.1) is 0 Å². The first-order valence-electron chi connectivity index (χ1n) is 6.95. The molecule has 1 aromatic carbocycles. The molecule has 1 aliphatic rings. The van der Waals surface area contributed by atoms with Crippen LogP contribution in [0.1, 0.15) is 44.2 Å². The van der Waals surface area contributed by atoms with Crippen LogP contribution in [-0.2, 0) is 4.79 Å². The standard InChI is InChI=1S/C15H21BrN2O/c1-2-5-13(17)15(19)18-9-4-8-14(18)11-6-3-7-12(16)10-11/h3,6-7,10,13-14H,2,4-5,8-9,17H2,1H3/t13-,14?/m0/s1. The SMILES string of the molecule is CCC[C@H](N)C(=O)N1CCCC1c1cccc(Br)c1. The number of carbonyl (C=O) groups is 1. The van der Waals surface area contributed by atoms with E-state index in [4.69, 9.17) is 5.73 Å². The number of likely N-dealkylation sites (tertiary alicyclic amines) is 1. The Hall–Kier alpha value is -0.870. The third-order valence-corrected chi connectivity index (χ3v) is 4.18. The van der Waals surface area contributed by atoms with Gasteiger partial charge in [-0.2, -0.15) is 0 Å². The van der Waals surface area contributed by atoms with Crippen molar-refractivity contribution < 1.29 is 4.79 Å². The number of carbonyl (C=O) groups excluding carboxylic acids is 1. The van der Waals surface area contributed by atoms with Crippen molar-refractivity contribution in [3.05, 3.63) is 34.3 Å². The molecule has 0 aromatic heterocycles. The van der Waals surface area contributed by atoms with Gasteiger partial charge in [-0.3, -0.25) is 4.79 Å². The lowest BCUT2D eigenvalue weighted by atomic mass is 10.0. The van der Waals surface area contributed by atoms with Crippen LogP contribution in [0.5, 0.6) is 0 Å². The molecular weight excluding hydrogens is 304 g/mol. The van der Waals surface area contributed by atoms with E-state index in [1.807, 2.05) is 17.0 Å². The number of rotatable bonds is 4. The first-order valence-corrected chi connectivity index (χ1v) is 7.74. The fraction of sp³-hybridized carbons (Fsp3) is 0.533. The minimum absolute atomic E-state index is 0.101. The minimum atomic E-state index is -0.349. The number of amides is 1. The molecule has 19 heavy (non-hydrogen) atoms. The number of nitrogens with two attached hydrogens (primary N) is 1. The molecule has 2 N–H and O–H groups in total. The summed E-state index contributed by atoms with van der Waals surface area (Å²) in [6.07, 6.45) is 3.80. The van der Waals surface area contributed by atoms with Gasteiger partial charge in [0.2, 0.25) is 5.91 Å². The molecule has 104 valence electrons. The predicted molar refractivity (Wildman–Crippen MR) is 80.7 cm³/mol. The average Bonchev–Trinajstić information content (AvgIpc) is 2.87. The first-order chi connectivity index (χ1) is 9.13. The highest BCUT2D eigenvalue weighted by Crippen LogP contribution is 2.33. The Morgan fingerprint density at radius 2 is 2.37 bits per heavy atom. The molecule has 1 saturated heterocycles. The van der Waals surface area contributed by atoms with Gasteiger partial charge in [0.25, 0.3) is 0 Å². The zero-order valence-electron chi connectivity index (χ0n) is 11.3. The van der Waals surface area contributed by atoms with Crippen molar-refractivity contribution in [3.63, 3.8) is 0 Å². The van der Waals surface area contributed by atoms with Crippen LogP contribution >= 0.6 is 15.9 Å². The Morgan fingerprint density at radius 3 is 3.05 bits per heavy atom. The fourth-order valence-electron chi connectivity index (χ4n) is 2.74. The molecular formula is C15H21BrN2O. The highest BCUT2D eigenvalue weighted by molar-refractivity contribution is 9.10. The van der Waals surface area contributed by atoms with Gasteiger partial charge in [0.1, 0.15) is 0 Å². The van der Waals surface area contributed by atoms with E-state index in [9.17, 15) is 4.79 Å². The largest absolute Gasteiger partial charge is 0.334 e. The molecule has 0 radical (unpaired) electrons. The molecule has 2 atom stereocenters. The summed E-state index contributed by atoms with van der Waals surface area (Å²) >= 11 is 3.49. The minimum Gasteiger partial charge on any atom is -0.334 e. The van der Waals surface area contributed by atoms with Crippen molar-refractivity contribution in [2.24, 2.45) is 5.73 Å². The van der Waals surface area contributed by atoms with E-state index in [1.54, 1.807) is 0 Å². The Kier molecular flexibility index (Phi) is 4.99. The van der Waals surface area contributed by atoms with Crippen LogP contribution in [0.2, 0.25) is 0 Å². The normalized spacial score (nSPS) is 20.6. The van der Waals surface area contributed by atoms with Crippen LogP contribution in [0.25, 0.3) is 0 Å². The maximum atomic E-state index is 12.4. The molecule has 0 saturated carbocycles. The topological polar surface area (TPSA) is 46.3 Å². The van der Waals surface area contributed by atoms with E-state index >= 15 is 0 Å². The third-order valence-electron chi connectivity index (χ3n) is 3.69. The summed E-state index contributed by atoms with van der Waals surface area (Å²) in [5.74, 6) is 0.101. The second-order valence-electron chi connectivity index (χ2n) is 5.14. The smallest absolute Gasteiger partial charge is 0.239 e. The predicted octanol–water partition coefficient (Wildman–Crippen LogP) is 3.24. The molecule has 3 nitrogen and oxygen atoms in total. The van der Waals surface area contributed by atoms with Crippen LogP contribution in [0.15, 0.2) is 28.7 Å². The van der Waals surface area contributed by atoms with Crippen molar-refractivity contribution in [2.75, 3.05) is 6.54 Å². The highest BCUT2D eigenvalue weighted by atomic mass is 79.9. The summed E-state index contributed by atoms with van der Waals surface area (Å²) in [4.78, 5) is 14.4. The third kappa shape index (κ3) is 3.37. The maximum Gasteiger partial charge on any atom is 0.239 e. The zero-order valence-corrected chi connectivity index (χ0v) is 12.9. The van der Waals surface area contributed by atoms with Gasteiger partial charge in [0.05, 0.1) is 12.1 Å². The molecule has 1 aromatic rings. The van der Waals surface area contributed by atoms with Gasteiger partial charge in [0.15, 0.2) is 0 Å². The Balaban J connectivity index is 2.15. The number of halogens is 1.